The van der Waals surface area contributed by atoms with Crippen molar-refractivity contribution in [2.45, 2.75) is 17.4 Å². The largest absolute Gasteiger partial charge is 0.384 e. The van der Waals surface area contributed by atoms with Gasteiger partial charge in [-0.1, -0.05) is 12.1 Å². The molecule has 114 valence electrons. The molecular formula is C13H16FN3O3S. The molecule has 0 saturated heterocycles. The molecule has 0 aliphatic rings. The van der Waals surface area contributed by atoms with Crippen LogP contribution in [0.3, 0.4) is 0 Å². The highest BCUT2D eigenvalue weighted by Crippen LogP contribution is 2.20. The SMILES string of the molecule is Cn1cc(S(=O)(=O)NCC(C)(O)c2ccc(F)cc2)cn1. The fourth-order valence-electron chi connectivity index (χ4n) is 1.77. The van der Waals surface area contributed by atoms with Gasteiger partial charge in [0.2, 0.25) is 10.0 Å². The van der Waals surface area contributed by atoms with Gasteiger partial charge in [-0.25, -0.2) is 17.5 Å². The third-order valence-corrected chi connectivity index (χ3v) is 4.42. The number of hydrogen-bond acceptors (Lipinski definition) is 4. The molecule has 2 rings (SSSR count). The Labute approximate surface area is 122 Å². The zero-order valence-electron chi connectivity index (χ0n) is 11.6. The van der Waals surface area contributed by atoms with Crippen molar-refractivity contribution in [2.75, 3.05) is 6.54 Å². The van der Waals surface area contributed by atoms with Crippen molar-refractivity contribution in [1.29, 1.82) is 0 Å². The van der Waals surface area contributed by atoms with Crippen LogP contribution in [0.2, 0.25) is 0 Å². The van der Waals surface area contributed by atoms with Gasteiger partial charge >= 0.3 is 0 Å². The van der Waals surface area contributed by atoms with E-state index in [4.69, 9.17) is 0 Å². The van der Waals surface area contributed by atoms with Gasteiger partial charge < -0.3 is 5.11 Å². The van der Waals surface area contributed by atoms with Gasteiger partial charge in [0.05, 0.1) is 6.20 Å². The van der Waals surface area contributed by atoms with E-state index in [1.807, 2.05) is 0 Å². The zero-order valence-corrected chi connectivity index (χ0v) is 12.4. The van der Waals surface area contributed by atoms with Crippen LogP contribution in [-0.2, 0) is 22.7 Å². The van der Waals surface area contributed by atoms with Crippen molar-refractivity contribution in [3.63, 3.8) is 0 Å². The third kappa shape index (κ3) is 3.66. The molecule has 0 bridgehead atoms. The Morgan fingerprint density at radius 1 is 1.38 bits per heavy atom. The maximum Gasteiger partial charge on any atom is 0.243 e. The normalized spacial score (nSPS) is 14.9. The number of rotatable bonds is 5. The van der Waals surface area contributed by atoms with Crippen LogP contribution in [0.25, 0.3) is 0 Å². The fraction of sp³-hybridized carbons (Fsp3) is 0.308. The Morgan fingerprint density at radius 3 is 2.52 bits per heavy atom. The van der Waals surface area contributed by atoms with Gasteiger partial charge in [0.1, 0.15) is 16.3 Å². The van der Waals surface area contributed by atoms with E-state index in [9.17, 15) is 17.9 Å². The van der Waals surface area contributed by atoms with Gasteiger partial charge in [0.15, 0.2) is 0 Å². The van der Waals surface area contributed by atoms with E-state index >= 15 is 0 Å². The molecule has 0 saturated carbocycles. The summed E-state index contributed by atoms with van der Waals surface area (Å²) in [6.45, 7) is 1.21. The second-order valence-electron chi connectivity index (χ2n) is 4.96. The molecule has 8 heteroatoms. The molecule has 1 aromatic heterocycles. The molecular weight excluding hydrogens is 297 g/mol. The van der Waals surface area contributed by atoms with Gasteiger partial charge in [0.25, 0.3) is 0 Å². The van der Waals surface area contributed by atoms with Gasteiger partial charge in [-0.05, 0) is 24.6 Å². The number of halogens is 1. The molecule has 1 atom stereocenters. The smallest absolute Gasteiger partial charge is 0.243 e. The van der Waals surface area contributed by atoms with E-state index in [1.54, 1.807) is 7.05 Å². The predicted octanol–water partition coefficient (Wildman–Crippen LogP) is 0.745. The minimum Gasteiger partial charge on any atom is -0.384 e. The summed E-state index contributed by atoms with van der Waals surface area (Å²) < 4.78 is 40.6. The topological polar surface area (TPSA) is 84.2 Å². The molecule has 0 fully saturated rings. The van der Waals surface area contributed by atoms with Gasteiger partial charge in [-0.2, -0.15) is 5.10 Å². The highest BCUT2D eigenvalue weighted by Gasteiger charge is 2.26. The monoisotopic (exact) mass is 313 g/mol. The summed E-state index contributed by atoms with van der Waals surface area (Å²) in [6, 6.07) is 5.24. The van der Waals surface area contributed by atoms with Gasteiger partial charge in [-0.3, -0.25) is 4.68 Å². The molecule has 1 aromatic carbocycles. The molecule has 2 aromatic rings. The number of benzene rings is 1. The summed E-state index contributed by atoms with van der Waals surface area (Å²) in [5.41, 5.74) is -1.04. The van der Waals surface area contributed by atoms with Crippen LogP contribution in [0.15, 0.2) is 41.6 Å². The van der Waals surface area contributed by atoms with Crippen molar-refractivity contribution in [3.05, 3.63) is 48.0 Å². The summed E-state index contributed by atoms with van der Waals surface area (Å²) in [6.07, 6.45) is 2.57. The Kier molecular flexibility index (Phi) is 4.13. The quantitative estimate of drug-likeness (QED) is 0.853. The summed E-state index contributed by atoms with van der Waals surface area (Å²) in [7, 11) is -2.15. The summed E-state index contributed by atoms with van der Waals surface area (Å²) in [5, 5.41) is 14.1. The highest BCUT2D eigenvalue weighted by molar-refractivity contribution is 7.89. The van der Waals surface area contributed by atoms with Crippen molar-refractivity contribution in [3.8, 4) is 0 Å². The average molecular weight is 313 g/mol. The van der Waals surface area contributed by atoms with Crippen molar-refractivity contribution < 1.29 is 17.9 Å². The molecule has 0 aliphatic carbocycles. The van der Waals surface area contributed by atoms with E-state index in [2.05, 4.69) is 9.82 Å². The Morgan fingerprint density at radius 2 is 2.00 bits per heavy atom. The van der Waals surface area contributed by atoms with Crippen molar-refractivity contribution >= 4 is 10.0 Å². The first-order valence-corrected chi connectivity index (χ1v) is 7.66. The van der Waals surface area contributed by atoms with Crippen LogP contribution in [0, 0.1) is 5.82 Å². The van der Waals surface area contributed by atoms with E-state index in [-0.39, 0.29) is 11.4 Å². The zero-order chi connectivity index (χ0) is 15.7. The number of sulfonamides is 1. The lowest BCUT2D eigenvalue weighted by Gasteiger charge is -2.24. The predicted molar refractivity (Wildman–Crippen MR) is 74.4 cm³/mol. The average Bonchev–Trinajstić information content (AvgIpc) is 2.85. The molecule has 6 nitrogen and oxygen atoms in total. The minimum absolute atomic E-state index is 0.0138. The first-order chi connectivity index (χ1) is 9.71. The molecule has 0 aliphatic heterocycles. The Bertz CT molecular complexity index is 723. The molecule has 0 amide bonds. The fourth-order valence-corrected chi connectivity index (χ4v) is 2.88. The number of nitrogens with zero attached hydrogens (tertiary/aromatic N) is 2. The minimum atomic E-state index is -3.76. The lowest BCUT2D eigenvalue weighted by Crippen LogP contribution is -2.38. The molecule has 1 unspecified atom stereocenters. The van der Waals surface area contributed by atoms with E-state index in [0.717, 1.165) is 0 Å². The summed E-state index contributed by atoms with van der Waals surface area (Å²) in [4.78, 5) is 0.0138. The van der Waals surface area contributed by atoms with Crippen molar-refractivity contribution in [1.82, 2.24) is 14.5 Å². The van der Waals surface area contributed by atoms with E-state index in [0.29, 0.717) is 5.56 Å². The number of aliphatic hydroxyl groups is 1. The number of hydrogen-bond donors (Lipinski definition) is 2. The Hall–Kier alpha value is -1.77. The first-order valence-electron chi connectivity index (χ1n) is 6.17. The summed E-state index contributed by atoms with van der Waals surface area (Å²) in [5.74, 6) is -0.425. The van der Waals surface area contributed by atoms with Crippen LogP contribution in [0.5, 0.6) is 0 Å². The van der Waals surface area contributed by atoms with Crippen molar-refractivity contribution in [2.24, 2.45) is 7.05 Å². The second kappa shape index (κ2) is 5.55. The maximum atomic E-state index is 12.9. The Balaban J connectivity index is 2.12. The number of aryl methyl sites for hydroxylation is 1. The summed E-state index contributed by atoms with van der Waals surface area (Å²) >= 11 is 0. The molecule has 1 heterocycles. The molecule has 2 N–H and O–H groups in total. The number of aromatic nitrogens is 2. The van der Waals surface area contributed by atoms with Crippen LogP contribution in [0.4, 0.5) is 4.39 Å². The number of nitrogens with one attached hydrogen (secondary N) is 1. The van der Waals surface area contributed by atoms with Crippen LogP contribution >= 0.6 is 0 Å². The maximum absolute atomic E-state index is 12.9. The van der Waals surface area contributed by atoms with E-state index in [1.165, 1.54) is 48.3 Å². The molecule has 0 radical (unpaired) electrons. The molecule has 21 heavy (non-hydrogen) atoms. The van der Waals surface area contributed by atoms with Gasteiger partial charge in [0, 0.05) is 19.8 Å². The van der Waals surface area contributed by atoms with Crippen LogP contribution < -0.4 is 4.72 Å². The van der Waals surface area contributed by atoms with Crippen LogP contribution in [-0.4, -0.2) is 29.8 Å². The first kappa shape index (κ1) is 15.6. The second-order valence-corrected chi connectivity index (χ2v) is 6.72. The van der Waals surface area contributed by atoms with Gasteiger partial charge in [-0.15, -0.1) is 0 Å². The van der Waals surface area contributed by atoms with Crippen LogP contribution in [0.1, 0.15) is 12.5 Å². The third-order valence-electron chi connectivity index (χ3n) is 3.06. The highest BCUT2D eigenvalue weighted by atomic mass is 32.2. The molecule has 0 spiro atoms. The lowest BCUT2D eigenvalue weighted by atomic mass is 9.96. The standard InChI is InChI=1S/C13H16FN3O3S/c1-13(18,10-3-5-11(14)6-4-10)9-16-21(19,20)12-7-15-17(2)8-12/h3-8,16,18H,9H2,1-2H3. The lowest BCUT2D eigenvalue weighted by molar-refractivity contribution is 0.0627. The van der Waals surface area contributed by atoms with E-state index < -0.39 is 21.4 Å².